The fourth-order valence-electron chi connectivity index (χ4n) is 2.60. The smallest absolute Gasteiger partial charge is 0.418 e. The number of hydrogen-bond acceptors (Lipinski definition) is 6. The minimum Gasteiger partial charge on any atom is -0.463 e. The van der Waals surface area contributed by atoms with Crippen molar-refractivity contribution in [3.8, 4) is 5.69 Å². The minimum atomic E-state index is -4.66. The number of aromatic nitrogens is 2. The maximum absolute atomic E-state index is 13.3. The summed E-state index contributed by atoms with van der Waals surface area (Å²) >= 11 is 0. The highest BCUT2D eigenvalue weighted by atomic mass is 19.4. The Labute approximate surface area is 150 Å². The number of alkyl halides is 3. The van der Waals surface area contributed by atoms with Crippen LogP contribution in [0.4, 0.5) is 13.2 Å². The number of halogens is 3. The fourth-order valence-corrected chi connectivity index (χ4v) is 2.60. The van der Waals surface area contributed by atoms with Crippen LogP contribution in [0.5, 0.6) is 0 Å². The summed E-state index contributed by atoms with van der Waals surface area (Å²) in [5, 5.41) is 3.76. The molecule has 0 N–H and O–H groups in total. The van der Waals surface area contributed by atoms with Crippen molar-refractivity contribution in [2.24, 2.45) is 0 Å². The van der Waals surface area contributed by atoms with Crippen LogP contribution >= 0.6 is 0 Å². The van der Waals surface area contributed by atoms with E-state index in [2.05, 4.69) is 9.84 Å². The van der Waals surface area contributed by atoms with Crippen molar-refractivity contribution in [2.75, 3.05) is 6.61 Å². The molecule has 2 aromatic rings. The van der Waals surface area contributed by atoms with Gasteiger partial charge in [0.05, 0.1) is 17.9 Å². The van der Waals surface area contributed by atoms with E-state index in [0.717, 1.165) is 22.9 Å². The first-order chi connectivity index (χ1) is 12.7. The summed E-state index contributed by atoms with van der Waals surface area (Å²) in [6.07, 6.45) is -5.71. The minimum absolute atomic E-state index is 0.0707. The summed E-state index contributed by atoms with van der Waals surface area (Å²) in [7, 11) is 0. The fraction of sp³-hybridized carbons (Fsp3) is 0.294. The molecule has 27 heavy (non-hydrogen) atoms. The lowest BCUT2D eigenvalue weighted by molar-refractivity contribution is -0.145. The molecule has 1 aromatic carbocycles. The number of carbonyl (C=O) groups is 2. The van der Waals surface area contributed by atoms with Gasteiger partial charge in [-0.2, -0.15) is 18.3 Å². The maximum Gasteiger partial charge on any atom is 0.418 e. The van der Waals surface area contributed by atoms with Gasteiger partial charge in [0.25, 0.3) is 0 Å². The van der Waals surface area contributed by atoms with Gasteiger partial charge in [0.2, 0.25) is 17.2 Å². The van der Waals surface area contributed by atoms with Crippen molar-refractivity contribution in [1.29, 1.82) is 0 Å². The molecule has 1 aliphatic rings. The number of esters is 2. The van der Waals surface area contributed by atoms with Gasteiger partial charge in [-0.1, -0.05) is 12.1 Å². The Kier molecular flexibility index (Phi) is 4.73. The summed E-state index contributed by atoms with van der Waals surface area (Å²) in [6, 6.07) is 5.59. The first kappa shape index (κ1) is 18.6. The van der Waals surface area contributed by atoms with Crippen LogP contribution in [0.1, 0.15) is 28.2 Å². The normalized spacial score (nSPS) is 16.9. The Morgan fingerprint density at radius 1 is 1.30 bits per heavy atom. The number of carbonyl (C=O) groups excluding carboxylic acids is 2. The lowest BCUT2D eigenvalue weighted by atomic mass is 10.1. The van der Waals surface area contributed by atoms with Gasteiger partial charge >= 0.3 is 18.1 Å². The molecule has 1 aromatic heterocycles. The number of hydrogen-bond donors (Lipinski definition) is 0. The van der Waals surface area contributed by atoms with E-state index in [0.29, 0.717) is 0 Å². The molecule has 3 rings (SSSR count). The van der Waals surface area contributed by atoms with Gasteiger partial charge in [0.15, 0.2) is 0 Å². The molecular weight excluding hydrogens is 369 g/mol. The summed E-state index contributed by atoms with van der Waals surface area (Å²) in [6.45, 7) is 1.45. The third-order valence-electron chi connectivity index (χ3n) is 3.87. The monoisotopic (exact) mass is 382 g/mol. The number of nitrogens with zero attached hydrogens (tertiary/aromatic N) is 2. The van der Waals surface area contributed by atoms with E-state index in [1.807, 2.05) is 0 Å². The van der Waals surface area contributed by atoms with Gasteiger partial charge in [-0.3, -0.25) is 4.79 Å². The zero-order valence-electron chi connectivity index (χ0n) is 13.9. The predicted molar refractivity (Wildman–Crippen MR) is 84.4 cm³/mol. The number of benzene rings is 1. The SMILES string of the molecule is Cc1cc(=O)c(C(=O)O[C@@H]2CCOC2=O)nn1-c1ccccc1C(F)(F)F. The van der Waals surface area contributed by atoms with Crippen LogP contribution in [-0.2, 0) is 20.4 Å². The molecule has 0 spiro atoms. The van der Waals surface area contributed by atoms with Gasteiger partial charge in [0.1, 0.15) is 0 Å². The Balaban J connectivity index is 2.04. The van der Waals surface area contributed by atoms with Crippen LogP contribution in [0.25, 0.3) is 5.69 Å². The molecule has 142 valence electrons. The molecule has 1 atom stereocenters. The molecule has 2 heterocycles. The number of rotatable bonds is 3. The van der Waals surface area contributed by atoms with Crippen LogP contribution in [0.15, 0.2) is 35.1 Å². The average Bonchev–Trinajstić information content (AvgIpc) is 2.99. The highest BCUT2D eigenvalue weighted by Crippen LogP contribution is 2.33. The largest absolute Gasteiger partial charge is 0.463 e. The van der Waals surface area contributed by atoms with Gasteiger partial charge in [-0.25, -0.2) is 14.3 Å². The zero-order chi connectivity index (χ0) is 19.8. The maximum atomic E-state index is 13.3. The summed E-state index contributed by atoms with van der Waals surface area (Å²) in [5.74, 6) is -1.96. The number of cyclic esters (lactones) is 1. The molecule has 7 nitrogen and oxygen atoms in total. The zero-order valence-corrected chi connectivity index (χ0v) is 13.9. The van der Waals surface area contributed by atoms with Gasteiger partial charge in [-0.15, -0.1) is 0 Å². The highest BCUT2D eigenvalue weighted by Gasteiger charge is 2.35. The van der Waals surface area contributed by atoms with Gasteiger partial charge < -0.3 is 9.47 Å². The third-order valence-corrected chi connectivity index (χ3v) is 3.87. The van der Waals surface area contributed by atoms with Crippen LogP contribution in [0.3, 0.4) is 0 Å². The number of aryl methyl sites for hydroxylation is 1. The lowest BCUT2D eigenvalue weighted by Crippen LogP contribution is -2.29. The van der Waals surface area contributed by atoms with E-state index in [-0.39, 0.29) is 24.4 Å². The average molecular weight is 382 g/mol. The van der Waals surface area contributed by atoms with E-state index in [1.165, 1.54) is 19.1 Å². The van der Waals surface area contributed by atoms with Crippen LogP contribution in [0, 0.1) is 6.92 Å². The summed E-state index contributed by atoms with van der Waals surface area (Å²) in [5.41, 5.74) is -2.80. The quantitative estimate of drug-likeness (QED) is 0.755. The first-order valence-electron chi connectivity index (χ1n) is 7.83. The Morgan fingerprint density at radius 2 is 2.00 bits per heavy atom. The molecule has 0 saturated carbocycles. The molecule has 10 heteroatoms. The third kappa shape index (κ3) is 3.69. The van der Waals surface area contributed by atoms with Crippen molar-refractivity contribution >= 4 is 11.9 Å². The molecular formula is C17H13F3N2O5. The molecule has 1 saturated heterocycles. The van der Waals surface area contributed by atoms with Crippen molar-refractivity contribution in [2.45, 2.75) is 25.6 Å². The highest BCUT2D eigenvalue weighted by molar-refractivity contribution is 5.89. The Morgan fingerprint density at radius 3 is 2.63 bits per heavy atom. The summed E-state index contributed by atoms with van der Waals surface area (Å²) in [4.78, 5) is 35.7. The lowest BCUT2D eigenvalue weighted by Gasteiger charge is -2.16. The van der Waals surface area contributed by atoms with E-state index in [9.17, 15) is 27.6 Å². The molecule has 1 fully saturated rings. The van der Waals surface area contributed by atoms with Crippen molar-refractivity contribution in [3.05, 3.63) is 57.5 Å². The second-order valence-electron chi connectivity index (χ2n) is 5.78. The molecule has 0 bridgehead atoms. The van der Waals surface area contributed by atoms with E-state index < -0.39 is 40.9 Å². The van der Waals surface area contributed by atoms with Crippen molar-refractivity contribution in [1.82, 2.24) is 9.78 Å². The predicted octanol–water partition coefficient (Wildman–Crippen LogP) is 2.03. The Bertz CT molecular complexity index is 968. The number of ether oxygens (including phenoxy) is 2. The molecule has 0 amide bonds. The van der Waals surface area contributed by atoms with Gasteiger partial charge in [-0.05, 0) is 19.1 Å². The standard InChI is InChI=1S/C17H13F3N2O5/c1-9-8-12(23)14(16(25)27-13-6-7-26-15(13)24)21-22(9)11-5-3-2-4-10(11)17(18,19)20/h2-5,8,13H,6-7H2,1H3/t13-/m1/s1. The molecule has 0 aliphatic carbocycles. The Hall–Kier alpha value is -3.17. The van der Waals surface area contributed by atoms with Crippen molar-refractivity contribution in [3.63, 3.8) is 0 Å². The van der Waals surface area contributed by atoms with Crippen LogP contribution in [0.2, 0.25) is 0 Å². The van der Waals surface area contributed by atoms with E-state index in [1.54, 1.807) is 0 Å². The van der Waals surface area contributed by atoms with Gasteiger partial charge in [0, 0.05) is 18.2 Å². The summed E-state index contributed by atoms with van der Waals surface area (Å²) < 4.78 is 50.2. The van der Waals surface area contributed by atoms with E-state index >= 15 is 0 Å². The van der Waals surface area contributed by atoms with Crippen molar-refractivity contribution < 1.29 is 32.2 Å². The molecule has 1 aliphatic heterocycles. The first-order valence-corrected chi connectivity index (χ1v) is 7.83. The van der Waals surface area contributed by atoms with E-state index in [4.69, 9.17) is 4.74 Å². The molecule has 0 radical (unpaired) electrons. The number of para-hydroxylation sites is 1. The topological polar surface area (TPSA) is 87.5 Å². The van der Waals surface area contributed by atoms with Crippen LogP contribution in [-0.4, -0.2) is 34.4 Å². The second-order valence-corrected chi connectivity index (χ2v) is 5.78. The van der Waals surface area contributed by atoms with Crippen LogP contribution < -0.4 is 5.43 Å². The second kappa shape index (κ2) is 6.86. The molecule has 0 unspecified atom stereocenters.